The van der Waals surface area contributed by atoms with Crippen LogP contribution >= 0.6 is 0 Å². The summed E-state index contributed by atoms with van der Waals surface area (Å²) in [6.45, 7) is 6.83. The minimum atomic E-state index is -1.09. The Morgan fingerprint density at radius 1 is 1.20 bits per heavy atom. The summed E-state index contributed by atoms with van der Waals surface area (Å²) in [7, 11) is 0. The number of amides is 2. The third-order valence-corrected chi connectivity index (χ3v) is 5.34. The van der Waals surface area contributed by atoms with Crippen LogP contribution < -0.4 is 10.6 Å². The van der Waals surface area contributed by atoms with E-state index in [1.807, 2.05) is 30.3 Å². The molecule has 4 atom stereocenters. The van der Waals surface area contributed by atoms with Gasteiger partial charge in [-0.05, 0) is 36.2 Å². The Morgan fingerprint density at radius 3 is 2.48 bits per heavy atom. The van der Waals surface area contributed by atoms with Crippen molar-refractivity contribution in [3.8, 4) is 0 Å². The minimum Gasteiger partial charge on any atom is -0.465 e. The van der Waals surface area contributed by atoms with Crippen molar-refractivity contribution in [3.05, 3.63) is 35.9 Å². The van der Waals surface area contributed by atoms with Gasteiger partial charge >= 0.3 is 6.09 Å². The zero-order chi connectivity index (χ0) is 18.4. The Morgan fingerprint density at radius 2 is 1.88 bits per heavy atom. The summed E-state index contributed by atoms with van der Waals surface area (Å²) in [5.74, 6) is 1.51. The van der Waals surface area contributed by atoms with Crippen LogP contribution in [0.25, 0.3) is 0 Å². The highest BCUT2D eigenvalue weighted by Crippen LogP contribution is 2.38. The molecule has 1 aliphatic carbocycles. The zero-order valence-corrected chi connectivity index (χ0v) is 15.4. The van der Waals surface area contributed by atoms with Crippen LogP contribution in [0.1, 0.15) is 51.6 Å². The molecular weight excluding hydrogens is 316 g/mol. The number of benzene rings is 1. The predicted molar refractivity (Wildman–Crippen MR) is 98.2 cm³/mol. The number of hydrogen-bond donors (Lipinski definition) is 3. The highest BCUT2D eigenvalue weighted by molar-refractivity contribution is 5.79. The zero-order valence-electron chi connectivity index (χ0n) is 15.4. The van der Waals surface area contributed by atoms with E-state index in [0.29, 0.717) is 17.8 Å². The molecule has 0 unspecified atom stereocenters. The topological polar surface area (TPSA) is 78.4 Å². The van der Waals surface area contributed by atoms with Crippen LogP contribution in [0.5, 0.6) is 0 Å². The second kappa shape index (κ2) is 8.88. The van der Waals surface area contributed by atoms with Crippen molar-refractivity contribution < 1.29 is 14.7 Å². The second-order valence-corrected chi connectivity index (χ2v) is 7.59. The van der Waals surface area contributed by atoms with Crippen LogP contribution in [0.3, 0.4) is 0 Å². The van der Waals surface area contributed by atoms with Crippen molar-refractivity contribution >= 4 is 12.0 Å². The van der Waals surface area contributed by atoms with E-state index in [1.54, 1.807) is 0 Å². The van der Waals surface area contributed by atoms with Gasteiger partial charge in [0.15, 0.2) is 0 Å². The molecule has 0 radical (unpaired) electrons. The van der Waals surface area contributed by atoms with Crippen LogP contribution in [-0.4, -0.2) is 23.7 Å². The van der Waals surface area contributed by atoms with E-state index in [1.165, 1.54) is 6.42 Å². The fourth-order valence-corrected chi connectivity index (χ4v) is 3.92. The lowest BCUT2D eigenvalue weighted by atomic mass is 9.70. The number of hydrogen-bond acceptors (Lipinski definition) is 2. The molecule has 1 saturated carbocycles. The molecule has 1 fully saturated rings. The second-order valence-electron chi connectivity index (χ2n) is 7.59. The summed E-state index contributed by atoms with van der Waals surface area (Å²) < 4.78 is 0. The highest BCUT2D eigenvalue weighted by Gasteiger charge is 2.35. The number of nitrogens with one attached hydrogen (secondary N) is 2. The smallest absolute Gasteiger partial charge is 0.405 e. The number of carbonyl (C=O) groups is 2. The quantitative estimate of drug-likeness (QED) is 0.733. The maximum atomic E-state index is 12.8. The third-order valence-electron chi connectivity index (χ3n) is 5.34. The Kier molecular flexibility index (Phi) is 6.85. The number of carbonyl (C=O) groups excluding carboxylic acids is 1. The molecule has 0 bridgehead atoms. The number of carboxylic acid groups (broad SMARTS) is 1. The van der Waals surface area contributed by atoms with Gasteiger partial charge in [-0.3, -0.25) is 4.79 Å². The molecule has 0 saturated heterocycles. The highest BCUT2D eigenvalue weighted by atomic mass is 16.4. The molecule has 1 aromatic carbocycles. The molecule has 5 heteroatoms. The molecule has 2 rings (SSSR count). The average Bonchev–Trinajstić information content (AvgIpc) is 2.58. The molecule has 138 valence electrons. The summed E-state index contributed by atoms with van der Waals surface area (Å²) in [6.07, 6.45) is 2.10. The first-order valence-electron chi connectivity index (χ1n) is 9.20. The van der Waals surface area contributed by atoms with E-state index < -0.39 is 12.1 Å². The van der Waals surface area contributed by atoms with Crippen molar-refractivity contribution in [1.82, 2.24) is 10.6 Å². The minimum absolute atomic E-state index is 0.0185. The van der Waals surface area contributed by atoms with Gasteiger partial charge in [-0.25, -0.2) is 4.79 Å². The van der Waals surface area contributed by atoms with Gasteiger partial charge in [0.1, 0.15) is 0 Å². The summed E-state index contributed by atoms with van der Waals surface area (Å²) in [6, 6.07) is 8.91. The van der Waals surface area contributed by atoms with E-state index in [2.05, 4.69) is 31.4 Å². The fourth-order valence-electron chi connectivity index (χ4n) is 3.92. The van der Waals surface area contributed by atoms with Crippen LogP contribution in [0, 0.1) is 23.7 Å². The first-order chi connectivity index (χ1) is 11.9. The normalized spacial score (nSPS) is 24.6. The molecule has 0 aromatic heterocycles. The van der Waals surface area contributed by atoms with Gasteiger partial charge in [-0.2, -0.15) is 0 Å². The van der Waals surface area contributed by atoms with Crippen LogP contribution in [-0.2, 0) is 4.79 Å². The fraction of sp³-hybridized carbons (Fsp3) is 0.600. The summed E-state index contributed by atoms with van der Waals surface area (Å²) in [5, 5.41) is 14.6. The summed E-state index contributed by atoms with van der Waals surface area (Å²) >= 11 is 0. The van der Waals surface area contributed by atoms with Gasteiger partial charge in [-0.1, -0.05) is 57.5 Å². The SMILES string of the molecule is CC(C)[C@@H]1CC[C@@H](C)C[C@H]1C(=O)NC[C@@H](NC(=O)O)c1ccccc1. The Balaban J connectivity index is 2.03. The molecule has 1 aliphatic rings. The molecule has 0 spiro atoms. The summed E-state index contributed by atoms with van der Waals surface area (Å²) in [5.41, 5.74) is 0.850. The van der Waals surface area contributed by atoms with E-state index in [9.17, 15) is 9.59 Å². The molecule has 1 aromatic rings. The molecule has 5 nitrogen and oxygen atoms in total. The maximum absolute atomic E-state index is 12.8. The van der Waals surface area contributed by atoms with Gasteiger partial charge in [-0.15, -0.1) is 0 Å². The lowest BCUT2D eigenvalue weighted by Crippen LogP contribution is -2.43. The van der Waals surface area contributed by atoms with Crippen LogP contribution in [0.4, 0.5) is 4.79 Å². The van der Waals surface area contributed by atoms with Gasteiger partial charge in [0.2, 0.25) is 5.91 Å². The molecule has 3 N–H and O–H groups in total. The van der Waals surface area contributed by atoms with Crippen LogP contribution in [0.15, 0.2) is 30.3 Å². The molecular formula is C20H30N2O3. The molecule has 0 aliphatic heterocycles. The first kappa shape index (κ1) is 19.3. The lowest BCUT2D eigenvalue weighted by molar-refractivity contribution is -0.129. The number of rotatable bonds is 6. The molecule has 25 heavy (non-hydrogen) atoms. The van der Waals surface area contributed by atoms with E-state index in [4.69, 9.17) is 5.11 Å². The van der Waals surface area contributed by atoms with Crippen molar-refractivity contribution in [1.29, 1.82) is 0 Å². The van der Waals surface area contributed by atoms with Gasteiger partial charge in [0.25, 0.3) is 0 Å². The Bertz CT molecular complexity index is 574. The average molecular weight is 346 g/mol. The van der Waals surface area contributed by atoms with Crippen molar-refractivity contribution in [2.75, 3.05) is 6.54 Å². The Labute approximate surface area is 150 Å². The summed E-state index contributed by atoms with van der Waals surface area (Å²) in [4.78, 5) is 23.9. The molecule has 2 amide bonds. The van der Waals surface area contributed by atoms with E-state index in [0.717, 1.165) is 18.4 Å². The van der Waals surface area contributed by atoms with Gasteiger partial charge < -0.3 is 15.7 Å². The maximum Gasteiger partial charge on any atom is 0.405 e. The van der Waals surface area contributed by atoms with Crippen LogP contribution in [0.2, 0.25) is 0 Å². The predicted octanol–water partition coefficient (Wildman–Crippen LogP) is 3.82. The monoisotopic (exact) mass is 346 g/mol. The first-order valence-corrected chi connectivity index (χ1v) is 9.20. The Hall–Kier alpha value is -2.04. The standard InChI is InChI=1S/C20H30N2O3/c1-13(2)16-10-9-14(3)11-17(16)19(23)21-12-18(22-20(24)25)15-7-5-4-6-8-15/h4-8,13-14,16-18,22H,9-12H2,1-3H3,(H,21,23)(H,24,25)/t14-,16+,17-,18-/m1/s1. The van der Waals surface area contributed by atoms with Crippen molar-refractivity contribution in [3.63, 3.8) is 0 Å². The largest absolute Gasteiger partial charge is 0.465 e. The van der Waals surface area contributed by atoms with Crippen molar-refractivity contribution in [2.24, 2.45) is 23.7 Å². The van der Waals surface area contributed by atoms with Gasteiger partial charge in [0, 0.05) is 12.5 Å². The van der Waals surface area contributed by atoms with E-state index in [-0.39, 0.29) is 18.4 Å². The lowest BCUT2D eigenvalue weighted by Gasteiger charge is -2.36. The van der Waals surface area contributed by atoms with E-state index >= 15 is 0 Å². The third kappa shape index (κ3) is 5.48. The van der Waals surface area contributed by atoms with Crippen molar-refractivity contribution in [2.45, 2.75) is 46.1 Å². The molecule has 0 heterocycles. The van der Waals surface area contributed by atoms with Gasteiger partial charge in [0.05, 0.1) is 6.04 Å².